The molecule has 4 nitrogen and oxygen atoms in total. The molecular weight excluding hydrogens is 264 g/mol. The summed E-state index contributed by atoms with van der Waals surface area (Å²) in [6.07, 6.45) is 4.87. The number of hydrogen-bond donors (Lipinski definition) is 2. The van der Waals surface area contributed by atoms with Crippen molar-refractivity contribution in [2.75, 3.05) is 5.32 Å². The predicted octanol–water partition coefficient (Wildman–Crippen LogP) is 3.27. The zero-order valence-electron chi connectivity index (χ0n) is 12.5. The van der Waals surface area contributed by atoms with Crippen LogP contribution in [0.3, 0.4) is 0 Å². The van der Waals surface area contributed by atoms with Crippen LogP contribution in [0.1, 0.15) is 37.0 Å². The van der Waals surface area contributed by atoms with Gasteiger partial charge in [-0.15, -0.1) is 0 Å². The van der Waals surface area contributed by atoms with Gasteiger partial charge in [-0.2, -0.15) is 0 Å². The van der Waals surface area contributed by atoms with Crippen molar-refractivity contribution < 1.29 is 9.90 Å². The normalized spacial score (nSPS) is 12.1. The third kappa shape index (κ3) is 4.46. The van der Waals surface area contributed by atoms with Gasteiger partial charge in [0.05, 0.1) is 6.10 Å². The number of carbonyl (C=O) groups is 1. The van der Waals surface area contributed by atoms with Crippen LogP contribution in [0.5, 0.6) is 0 Å². The highest BCUT2D eigenvalue weighted by Crippen LogP contribution is 2.18. The number of aryl methyl sites for hydroxylation is 1. The molecule has 1 atom stereocenters. The van der Waals surface area contributed by atoms with Crippen molar-refractivity contribution in [1.82, 2.24) is 4.57 Å². The number of nitrogens with one attached hydrogen (secondary N) is 1. The first-order valence-corrected chi connectivity index (χ1v) is 7.28. The Morgan fingerprint density at radius 3 is 2.90 bits per heavy atom. The average Bonchev–Trinajstić information content (AvgIpc) is 2.87. The molecule has 0 aliphatic rings. The number of carbonyl (C=O) groups excluding carboxylic acids is 1. The maximum absolute atomic E-state index is 12.0. The summed E-state index contributed by atoms with van der Waals surface area (Å²) in [6, 6.07) is 9.57. The van der Waals surface area contributed by atoms with Crippen LogP contribution in [-0.4, -0.2) is 15.6 Å². The largest absolute Gasteiger partial charge is 0.388 e. The molecule has 0 spiro atoms. The van der Waals surface area contributed by atoms with E-state index in [1.54, 1.807) is 4.57 Å². The molecule has 1 heterocycles. The maximum Gasteiger partial charge on any atom is 0.244 e. The van der Waals surface area contributed by atoms with E-state index in [-0.39, 0.29) is 12.5 Å². The molecule has 2 aromatic rings. The molecule has 0 saturated heterocycles. The lowest BCUT2D eigenvalue weighted by atomic mass is 10.1. The van der Waals surface area contributed by atoms with Crippen molar-refractivity contribution in [3.8, 4) is 0 Å². The second-order valence-corrected chi connectivity index (χ2v) is 5.34. The Hall–Kier alpha value is -2.07. The smallest absolute Gasteiger partial charge is 0.244 e. The Bertz CT molecular complexity index is 604. The lowest BCUT2D eigenvalue weighted by molar-refractivity contribution is -0.116. The van der Waals surface area contributed by atoms with Gasteiger partial charge in [0.15, 0.2) is 0 Å². The van der Waals surface area contributed by atoms with E-state index >= 15 is 0 Å². The Morgan fingerprint density at radius 1 is 1.38 bits per heavy atom. The molecule has 0 aliphatic heterocycles. The highest BCUT2D eigenvalue weighted by Gasteiger charge is 2.09. The van der Waals surface area contributed by atoms with Gasteiger partial charge in [0.2, 0.25) is 5.91 Å². The standard InChI is InChI=1S/C17H22N2O2/c1-3-5-16(20)14-8-9-19(11-14)12-17(21)18-15-7-4-6-13(2)10-15/h4,6-11,16,20H,3,5,12H2,1-2H3,(H,18,21). The molecule has 0 bridgehead atoms. The summed E-state index contributed by atoms with van der Waals surface area (Å²) >= 11 is 0. The van der Waals surface area contributed by atoms with Crippen LogP contribution >= 0.6 is 0 Å². The first kappa shape index (κ1) is 15.3. The molecule has 2 N–H and O–H groups in total. The number of aromatic nitrogens is 1. The van der Waals surface area contributed by atoms with Gasteiger partial charge >= 0.3 is 0 Å². The van der Waals surface area contributed by atoms with E-state index in [0.29, 0.717) is 0 Å². The molecule has 112 valence electrons. The zero-order chi connectivity index (χ0) is 15.2. The minimum atomic E-state index is -0.448. The van der Waals surface area contributed by atoms with Crippen LogP contribution in [0, 0.1) is 6.92 Å². The summed E-state index contributed by atoms with van der Waals surface area (Å²) in [6.45, 7) is 4.27. The van der Waals surface area contributed by atoms with Crippen LogP contribution < -0.4 is 5.32 Å². The van der Waals surface area contributed by atoms with Crippen molar-refractivity contribution in [3.63, 3.8) is 0 Å². The molecular formula is C17H22N2O2. The van der Waals surface area contributed by atoms with Gasteiger partial charge in [0.1, 0.15) is 6.54 Å². The highest BCUT2D eigenvalue weighted by atomic mass is 16.3. The van der Waals surface area contributed by atoms with E-state index in [0.717, 1.165) is 29.7 Å². The van der Waals surface area contributed by atoms with E-state index in [1.165, 1.54) is 0 Å². The first-order valence-electron chi connectivity index (χ1n) is 7.28. The first-order chi connectivity index (χ1) is 10.1. The lowest BCUT2D eigenvalue weighted by Crippen LogP contribution is -2.17. The molecule has 1 amide bonds. The van der Waals surface area contributed by atoms with E-state index in [1.807, 2.05) is 56.6 Å². The SMILES string of the molecule is CCCC(O)c1ccn(CC(=O)Nc2cccc(C)c2)c1. The molecule has 0 saturated carbocycles. The molecule has 1 aromatic heterocycles. The summed E-state index contributed by atoms with van der Waals surface area (Å²) in [5, 5.41) is 12.8. The molecule has 2 rings (SSSR count). The van der Waals surface area contributed by atoms with Crippen LogP contribution in [0.15, 0.2) is 42.7 Å². The minimum Gasteiger partial charge on any atom is -0.388 e. The number of amides is 1. The van der Waals surface area contributed by atoms with Gasteiger partial charge in [0, 0.05) is 18.1 Å². The topological polar surface area (TPSA) is 54.3 Å². The third-order valence-electron chi connectivity index (χ3n) is 3.35. The quantitative estimate of drug-likeness (QED) is 0.856. The number of aliphatic hydroxyl groups excluding tert-OH is 1. The Balaban J connectivity index is 1.94. The van der Waals surface area contributed by atoms with Crippen molar-refractivity contribution in [2.24, 2.45) is 0 Å². The fraction of sp³-hybridized carbons (Fsp3) is 0.353. The Kier molecular flexibility index (Phi) is 5.17. The van der Waals surface area contributed by atoms with E-state index in [2.05, 4.69) is 5.32 Å². The zero-order valence-corrected chi connectivity index (χ0v) is 12.5. The number of anilines is 1. The average molecular weight is 286 g/mol. The maximum atomic E-state index is 12.0. The van der Waals surface area contributed by atoms with Gasteiger partial charge in [0.25, 0.3) is 0 Å². The number of nitrogens with zero attached hydrogens (tertiary/aromatic N) is 1. The monoisotopic (exact) mass is 286 g/mol. The van der Waals surface area contributed by atoms with Crippen LogP contribution in [-0.2, 0) is 11.3 Å². The van der Waals surface area contributed by atoms with E-state index < -0.39 is 6.10 Å². The van der Waals surface area contributed by atoms with Gasteiger partial charge in [-0.25, -0.2) is 0 Å². The van der Waals surface area contributed by atoms with E-state index in [4.69, 9.17) is 0 Å². The number of hydrogen-bond acceptors (Lipinski definition) is 2. The van der Waals surface area contributed by atoms with Crippen LogP contribution in [0.4, 0.5) is 5.69 Å². The van der Waals surface area contributed by atoms with Gasteiger partial charge in [-0.05, 0) is 42.7 Å². The molecule has 0 radical (unpaired) electrons. The second-order valence-electron chi connectivity index (χ2n) is 5.34. The van der Waals surface area contributed by atoms with Crippen molar-refractivity contribution in [1.29, 1.82) is 0 Å². The second kappa shape index (κ2) is 7.09. The Morgan fingerprint density at radius 2 is 2.19 bits per heavy atom. The number of benzene rings is 1. The fourth-order valence-corrected chi connectivity index (χ4v) is 2.28. The molecule has 1 unspecified atom stereocenters. The molecule has 1 aromatic carbocycles. The van der Waals surface area contributed by atoms with Crippen molar-refractivity contribution >= 4 is 11.6 Å². The molecule has 0 aliphatic carbocycles. The lowest BCUT2D eigenvalue weighted by Gasteiger charge is -2.08. The molecule has 4 heteroatoms. The molecule has 0 fully saturated rings. The Labute approximate surface area is 125 Å². The fourth-order valence-electron chi connectivity index (χ4n) is 2.28. The van der Waals surface area contributed by atoms with Crippen LogP contribution in [0.2, 0.25) is 0 Å². The predicted molar refractivity (Wildman–Crippen MR) is 84.1 cm³/mol. The van der Waals surface area contributed by atoms with Crippen molar-refractivity contribution in [3.05, 3.63) is 53.9 Å². The number of rotatable bonds is 6. The summed E-state index contributed by atoms with van der Waals surface area (Å²) in [7, 11) is 0. The minimum absolute atomic E-state index is 0.0762. The molecule has 21 heavy (non-hydrogen) atoms. The van der Waals surface area contributed by atoms with Gasteiger partial charge in [-0.1, -0.05) is 25.5 Å². The van der Waals surface area contributed by atoms with Crippen LogP contribution in [0.25, 0.3) is 0 Å². The highest BCUT2D eigenvalue weighted by molar-refractivity contribution is 5.90. The van der Waals surface area contributed by atoms with Crippen molar-refractivity contribution in [2.45, 2.75) is 39.3 Å². The summed E-state index contributed by atoms with van der Waals surface area (Å²) in [5.74, 6) is -0.0762. The van der Waals surface area contributed by atoms with E-state index in [9.17, 15) is 9.90 Å². The number of aliphatic hydroxyl groups is 1. The third-order valence-corrected chi connectivity index (χ3v) is 3.35. The van der Waals surface area contributed by atoms with Gasteiger partial charge in [-0.3, -0.25) is 4.79 Å². The van der Waals surface area contributed by atoms with Gasteiger partial charge < -0.3 is 15.0 Å². The summed E-state index contributed by atoms with van der Waals surface area (Å²) in [5.41, 5.74) is 2.78. The summed E-state index contributed by atoms with van der Waals surface area (Å²) in [4.78, 5) is 12.0. The summed E-state index contributed by atoms with van der Waals surface area (Å²) < 4.78 is 1.79.